The van der Waals surface area contributed by atoms with Crippen LogP contribution in [0.2, 0.25) is 0 Å². The fourth-order valence-corrected chi connectivity index (χ4v) is 2.24. The number of nitrogens with one attached hydrogen (secondary N) is 1. The molecule has 1 saturated carbocycles. The molecule has 0 saturated heterocycles. The molecule has 0 aromatic heterocycles. The third kappa shape index (κ3) is 3.45. The van der Waals surface area contributed by atoms with E-state index in [0.29, 0.717) is 31.0 Å². The number of nitrogens with zero attached hydrogens (tertiary/aromatic N) is 2. The SMILES string of the molecule is CN(CC1CC(O)C1)C(=O)Nc1cccc([N+](=O)[O-])c1. The maximum Gasteiger partial charge on any atom is 0.321 e. The van der Waals surface area contributed by atoms with Crippen LogP contribution >= 0.6 is 0 Å². The smallest absolute Gasteiger partial charge is 0.321 e. The maximum absolute atomic E-state index is 11.9. The first-order valence-corrected chi connectivity index (χ1v) is 6.40. The van der Waals surface area contributed by atoms with Crippen molar-refractivity contribution in [1.29, 1.82) is 0 Å². The summed E-state index contributed by atoms with van der Waals surface area (Å²) in [6.45, 7) is 0.567. The minimum Gasteiger partial charge on any atom is -0.393 e. The Morgan fingerprint density at radius 1 is 1.55 bits per heavy atom. The van der Waals surface area contributed by atoms with Gasteiger partial charge < -0.3 is 15.3 Å². The predicted molar refractivity (Wildman–Crippen MR) is 73.5 cm³/mol. The molecule has 0 atom stereocenters. The Morgan fingerprint density at radius 2 is 2.25 bits per heavy atom. The quantitative estimate of drug-likeness (QED) is 0.649. The van der Waals surface area contributed by atoms with Crippen LogP contribution in [0.15, 0.2) is 24.3 Å². The van der Waals surface area contributed by atoms with Gasteiger partial charge in [-0.05, 0) is 24.8 Å². The molecule has 20 heavy (non-hydrogen) atoms. The Balaban J connectivity index is 1.90. The molecule has 1 aliphatic carbocycles. The van der Waals surface area contributed by atoms with Gasteiger partial charge in [-0.2, -0.15) is 0 Å². The summed E-state index contributed by atoms with van der Waals surface area (Å²) in [5, 5.41) is 22.5. The molecule has 0 spiro atoms. The van der Waals surface area contributed by atoms with E-state index in [1.807, 2.05) is 0 Å². The molecule has 7 nitrogen and oxygen atoms in total. The Hall–Kier alpha value is -2.15. The van der Waals surface area contributed by atoms with Crippen molar-refractivity contribution in [3.8, 4) is 0 Å². The first-order valence-electron chi connectivity index (χ1n) is 6.40. The van der Waals surface area contributed by atoms with Crippen molar-refractivity contribution in [3.05, 3.63) is 34.4 Å². The summed E-state index contributed by atoms with van der Waals surface area (Å²) in [4.78, 5) is 23.6. The Bertz CT molecular complexity index is 514. The van der Waals surface area contributed by atoms with Crippen molar-refractivity contribution in [2.24, 2.45) is 5.92 Å². The van der Waals surface area contributed by atoms with Gasteiger partial charge >= 0.3 is 6.03 Å². The average Bonchev–Trinajstić information content (AvgIpc) is 2.37. The van der Waals surface area contributed by atoms with E-state index in [9.17, 15) is 20.0 Å². The van der Waals surface area contributed by atoms with E-state index in [-0.39, 0.29) is 17.8 Å². The number of aliphatic hydroxyl groups excluding tert-OH is 1. The van der Waals surface area contributed by atoms with Gasteiger partial charge in [0.05, 0.1) is 11.0 Å². The molecule has 2 amide bonds. The van der Waals surface area contributed by atoms with Crippen LogP contribution < -0.4 is 5.32 Å². The number of carbonyl (C=O) groups excluding carboxylic acids is 1. The number of nitro benzene ring substituents is 1. The van der Waals surface area contributed by atoms with E-state index >= 15 is 0 Å². The van der Waals surface area contributed by atoms with Crippen LogP contribution in [0.3, 0.4) is 0 Å². The third-order valence-corrected chi connectivity index (χ3v) is 3.40. The van der Waals surface area contributed by atoms with Crippen molar-refractivity contribution in [2.75, 3.05) is 18.9 Å². The number of hydrogen-bond donors (Lipinski definition) is 2. The number of urea groups is 1. The molecule has 0 radical (unpaired) electrons. The normalized spacial score (nSPS) is 20.9. The fourth-order valence-electron chi connectivity index (χ4n) is 2.24. The lowest BCUT2D eigenvalue weighted by molar-refractivity contribution is -0.384. The molecule has 2 N–H and O–H groups in total. The summed E-state index contributed by atoms with van der Waals surface area (Å²) in [6.07, 6.45) is 1.19. The van der Waals surface area contributed by atoms with Gasteiger partial charge in [-0.15, -0.1) is 0 Å². The number of nitro groups is 1. The first-order chi connectivity index (χ1) is 9.45. The maximum atomic E-state index is 11.9. The number of anilines is 1. The molecule has 1 aliphatic rings. The molecule has 0 unspecified atom stereocenters. The van der Waals surface area contributed by atoms with Gasteiger partial charge in [0.25, 0.3) is 5.69 Å². The zero-order valence-corrected chi connectivity index (χ0v) is 11.2. The molecule has 0 heterocycles. The second-order valence-electron chi connectivity index (χ2n) is 5.11. The van der Waals surface area contributed by atoms with Crippen molar-refractivity contribution in [3.63, 3.8) is 0 Å². The second-order valence-corrected chi connectivity index (χ2v) is 5.11. The van der Waals surface area contributed by atoms with E-state index < -0.39 is 4.92 Å². The summed E-state index contributed by atoms with van der Waals surface area (Å²) >= 11 is 0. The van der Waals surface area contributed by atoms with E-state index in [2.05, 4.69) is 5.32 Å². The fraction of sp³-hybridized carbons (Fsp3) is 0.462. The molecular formula is C13H17N3O4. The number of non-ortho nitro benzene ring substituents is 1. The van der Waals surface area contributed by atoms with Gasteiger partial charge in [-0.25, -0.2) is 4.79 Å². The lowest BCUT2D eigenvalue weighted by atomic mass is 9.82. The van der Waals surface area contributed by atoms with Crippen LogP contribution in [0.5, 0.6) is 0 Å². The first kappa shape index (κ1) is 14.3. The van der Waals surface area contributed by atoms with Gasteiger partial charge in [0, 0.05) is 31.4 Å². The molecule has 1 aromatic carbocycles. The Labute approximate surface area is 116 Å². The molecule has 7 heteroatoms. The zero-order chi connectivity index (χ0) is 14.7. The van der Waals surface area contributed by atoms with Crippen molar-refractivity contribution >= 4 is 17.4 Å². The van der Waals surface area contributed by atoms with Crippen LogP contribution in [-0.4, -0.2) is 40.7 Å². The van der Waals surface area contributed by atoms with Gasteiger partial charge in [-0.1, -0.05) is 6.07 Å². The molecular weight excluding hydrogens is 262 g/mol. The third-order valence-electron chi connectivity index (χ3n) is 3.40. The van der Waals surface area contributed by atoms with E-state index in [0.717, 1.165) is 0 Å². The van der Waals surface area contributed by atoms with Gasteiger partial charge in [0.15, 0.2) is 0 Å². The number of hydrogen-bond acceptors (Lipinski definition) is 4. The lowest BCUT2D eigenvalue weighted by Gasteiger charge is -2.34. The van der Waals surface area contributed by atoms with Crippen molar-refractivity contribution in [1.82, 2.24) is 4.90 Å². The van der Waals surface area contributed by atoms with Crippen LogP contribution in [0.25, 0.3) is 0 Å². The number of carbonyl (C=O) groups is 1. The highest BCUT2D eigenvalue weighted by molar-refractivity contribution is 5.89. The number of amides is 2. The number of rotatable bonds is 4. The predicted octanol–water partition coefficient (Wildman–Crippen LogP) is 1.83. The summed E-state index contributed by atoms with van der Waals surface area (Å²) in [6, 6.07) is 5.50. The molecule has 2 rings (SSSR count). The minimum atomic E-state index is -0.505. The number of aliphatic hydroxyl groups is 1. The summed E-state index contributed by atoms with van der Waals surface area (Å²) < 4.78 is 0. The van der Waals surface area contributed by atoms with Gasteiger partial charge in [0.1, 0.15) is 0 Å². The summed E-state index contributed by atoms with van der Waals surface area (Å²) in [7, 11) is 1.66. The largest absolute Gasteiger partial charge is 0.393 e. The molecule has 1 fully saturated rings. The Kier molecular flexibility index (Phi) is 4.19. The molecule has 1 aromatic rings. The zero-order valence-electron chi connectivity index (χ0n) is 11.2. The van der Waals surface area contributed by atoms with Gasteiger partial charge in [0.2, 0.25) is 0 Å². The van der Waals surface area contributed by atoms with Crippen LogP contribution in [-0.2, 0) is 0 Å². The highest BCUT2D eigenvalue weighted by atomic mass is 16.6. The van der Waals surface area contributed by atoms with E-state index in [1.54, 1.807) is 13.1 Å². The highest BCUT2D eigenvalue weighted by Crippen LogP contribution is 2.27. The average molecular weight is 279 g/mol. The number of benzene rings is 1. The second kappa shape index (κ2) is 5.87. The van der Waals surface area contributed by atoms with Crippen LogP contribution in [0, 0.1) is 16.0 Å². The van der Waals surface area contributed by atoms with E-state index in [4.69, 9.17) is 0 Å². The molecule has 0 aliphatic heterocycles. The molecule has 0 bridgehead atoms. The van der Waals surface area contributed by atoms with Crippen LogP contribution in [0.1, 0.15) is 12.8 Å². The minimum absolute atomic E-state index is 0.0624. The lowest BCUT2D eigenvalue weighted by Crippen LogP contribution is -2.41. The highest BCUT2D eigenvalue weighted by Gasteiger charge is 2.29. The van der Waals surface area contributed by atoms with Crippen molar-refractivity contribution in [2.45, 2.75) is 18.9 Å². The van der Waals surface area contributed by atoms with E-state index in [1.165, 1.54) is 23.1 Å². The Morgan fingerprint density at radius 3 is 2.85 bits per heavy atom. The standard InChI is InChI=1S/C13H17N3O4/c1-15(8-9-5-12(17)6-9)13(18)14-10-3-2-4-11(7-10)16(19)20/h2-4,7,9,12,17H,5-6,8H2,1H3,(H,14,18). The molecule has 108 valence electrons. The van der Waals surface area contributed by atoms with Crippen molar-refractivity contribution < 1.29 is 14.8 Å². The van der Waals surface area contributed by atoms with Crippen LogP contribution in [0.4, 0.5) is 16.2 Å². The summed E-state index contributed by atoms with van der Waals surface area (Å²) in [5.74, 6) is 0.325. The topological polar surface area (TPSA) is 95.7 Å². The monoisotopic (exact) mass is 279 g/mol. The summed E-state index contributed by atoms with van der Waals surface area (Å²) in [5.41, 5.74) is 0.331. The van der Waals surface area contributed by atoms with Gasteiger partial charge in [-0.3, -0.25) is 10.1 Å².